The summed E-state index contributed by atoms with van der Waals surface area (Å²) in [5, 5.41) is 2.84. The normalized spacial score (nSPS) is 10.1. The van der Waals surface area contributed by atoms with Crippen LogP contribution in [0.4, 0.5) is 5.69 Å². The minimum atomic E-state index is -0.136. The lowest BCUT2D eigenvalue weighted by atomic mass is 10.2. The van der Waals surface area contributed by atoms with E-state index in [-0.39, 0.29) is 5.91 Å². The van der Waals surface area contributed by atoms with Gasteiger partial charge in [0.2, 0.25) is 0 Å². The predicted octanol–water partition coefficient (Wildman–Crippen LogP) is 3.16. The number of hydrogen-bond acceptors (Lipinski definition) is 2. The van der Waals surface area contributed by atoms with Gasteiger partial charge in [-0.1, -0.05) is 24.3 Å². The van der Waals surface area contributed by atoms with Gasteiger partial charge in [0.1, 0.15) is 0 Å². The zero-order chi connectivity index (χ0) is 13.0. The minimum Gasteiger partial charge on any atom is -0.326 e. The van der Waals surface area contributed by atoms with Crippen LogP contribution in [0.1, 0.15) is 15.9 Å². The van der Waals surface area contributed by atoms with Gasteiger partial charge in [0, 0.05) is 16.7 Å². The van der Waals surface area contributed by atoms with Crippen LogP contribution < -0.4 is 11.1 Å². The van der Waals surface area contributed by atoms with Gasteiger partial charge in [-0.3, -0.25) is 4.79 Å². The van der Waals surface area contributed by atoms with E-state index in [9.17, 15) is 4.79 Å². The van der Waals surface area contributed by atoms with Gasteiger partial charge in [-0.25, -0.2) is 0 Å². The third kappa shape index (κ3) is 2.97. The van der Waals surface area contributed by atoms with Gasteiger partial charge in [0.05, 0.1) is 5.56 Å². The van der Waals surface area contributed by atoms with Gasteiger partial charge in [0.15, 0.2) is 0 Å². The molecule has 0 atom stereocenters. The molecule has 0 aliphatic rings. The molecule has 0 aromatic heterocycles. The lowest BCUT2D eigenvalue weighted by Crippen LogP contribution is -2.12. The fraction of sp³-hybridized carbons (Fsp3) is 0.0714. The van der Waals surface area contributed by atoms with Crippen molar-refractivity contribution in [1.29, 1.82) is 0 Å². The fourth-order valence-electron chi connectivity index (χ4n) is 1.57. The molecule has 0 fully saturated rings. The number of anilines is 1. The zero-order valence-corrected chi connectivity index (χ0v) is 11.3. The summed E-state index contributed by atoms with van der Waals surface area (Å²) in [5.74, 6) is -0.136. The molecule has 4 heteroatoms. The second kappa shape index (κ2) is 5.80. The van der Waals surface area contributed by atoms with Crippen LogP contribution in [0.2, 0.25) is 0 Å². The number of amides is 1. The number of benzene rings is 2. The minimum absolute atomic E-state index is 0.136. The zero-order valence-electron chi connectivity index (χ0n) is 9.69. The summed E-state index contributed by atoms with van der Waals surface area (Å²) in [5.41, 5.74) is 7.92. The van der Waals surface area contributed by atoms with Crippen LogP contribution in [0.5, 0.6) is 0 Å². The van der Waals surface area contributed by atoms with Crippen LogP contribution in [0.3, 0.4) is 0 Å². The van der Waals surface area contributed by atoms with Crippen LogP contribution in [0.15, 0.2) is 53.0 Å². The molecule has 0 spiro atoms. The van der Waals surface area contributed by atoms with Crippen molar-refractivity contribution < 1.29 is 4.79 Å². The Morgan fingerprint density at radius 1 is 1.11 bits per heavy atom. The molecule has 0 unspecified atom stereocenters. The lowest BCUT2D eigenvalue weighted by molar-refractivity contribution is 0.102. The van der Waals surface area contributed by atoms with Gasteiger partial charge in [0.25, 0.3) is 5.91 Å². The maximum Gasteiger partial charge on any atom is 0.256 e. The molecule has 0 saturated heterocycles. The first-order valence-corrected chi connectivity index (χ1v) is 6.35. The third-order valence-electron chi connectivity index (χ3n) is 2.57. The summed E-state index contributed by atoms with van der Waals surface area (Å²) in [4.78, 5) is 12.0. The average molecular weight is 305 g/mol. The van der Waals surface area contributed by atoms with Crippen molar-refractivity contribution in [1.82, 2.24) is 0 Å². The molecule has 1 amide bonds. The van der Waals surface area contributed by atoms with E-state index in [1.807, 2.05) is 42.5 Å². The predicted molar refractivity (Wildman–Crippen MR) is 76.4 cm³/mol. The van der Waals surface area contributed by atoms with Crippen molar-refractivity contribution in [2.75, 3.05) is 5.32 Å². The molecule has 0 bridgehead atoms. The van der Waals surface area contributed by atoms with E-state index in [1.54, 1.807) is 6.07 Å². The first kappa shape index (κ1) is 12.8. The van der Waals surface area contributed by atoms with E-state index < -0.39 is 0 Å². The van der Waals surface area contributed by atoms with E-state index >= 15 is 0 Å². The van der Waals surface area contributed by atoms with Crippen molar-refractivity contribution in [3.05, 3.63) is 64.1 Å². The van der Waals surface area contributed by atoms with E-state index in [0.717, 1.165) is 15.7 Å². The number of halogens is 1. The Bertz CT molecular complexity index is 552. The van der Waals surface area contributed by atoms with E-state index in [2.05, 4.69) is 21.2 Å². The number of hydrogen-bond donors (Lipinski definition) is 2. The van der Waals surface area contributed by atoms with Crippen LogP contribution in [0, 0.1) is 0 Å². The fourth-order valence-corrected chi connectivity index (χ4v) is 2.03. The van der Waals surface area contributed by atoms with Crippen LogP contribution in [-0.4, -0.2) is 5.91 Å². The van der Waals surface area contributed by atoms with Gasteiger partial charge in [-0.05, 0) is 45.8 Å². The highest BCUT2D eigenvalue weighted by Gasteiger charge is 2.08. The summed E-state index contributed by atoms with van der Waals surface area (Å²) in [6, 6.07) is 14.8. The van der Waals surface area contributed by atoms with Crippen molar-refractivity contribution in [3.63, 3.8) is 0 Å². The third-order valence-corrected chi connectivity index (χ3v) is 3.26. The first-order chi connectivity index (χ1) is 8.70. The maximum absolute atomic E-state index is 12.0. The average Bonchev–Trinajstić information content (AvgIpc) is 2.40. The maximum atomic E-state index is 12.0. The topological polar surface area (TPSA) is 55.1 Å². The van der Waals surface area contributed by atoms with E-state index in [4.69, 9.17) is 5.73 Å². The Kier molecular flexibility index (Phi) is 4.12. The molecule has 0 saturated carbocycles. The van der Waals surface area contributed by atoms with Gasteiger partial charge in [-0.2, -0.15) is 0 Å². The smallest absolute Gasteiger partial charge is 0.256 e. The molecule has 0 heterocycles. The number of rotatable bonds is 3. The van der Waals surface area contributed by atoms with Crippen molar-refractivity contribution in [2.45, 2.75) is 6.54 Å². The molecule has 2 aromatic carbocycles. The Morgan fingerprint density at radius 2 is 1.78 bits per heavy atom. The summed E-state index contributed by atoms with van der Waals surface area (Å²) < 4.78 is 0.779. The summed E-state index contributed by atoms with van der Waals surface area (Å²) in [7, 11) is 0. The Morgan fingerprint density at radius 3 is 2.39 bits per heavy atom. The van der Waals surface area contributed by atoms with Gasteiger partial charge >= 0.3 is 0 Å². The second-order valence-corrected chi connectivity index (χ2v) is 4.69. The number of nitrogens with one attached hydrogen (secondary N) is 1. The summed E-state index contributed by atoms with van der Waals surface area (Å²) in [6.45, 7) is 0.498. The molecule has 0 radical (unpaired) electrons. The van der Waals surface area contributed by atoms with Crippen molar-refractivity contribution in [2.24, 2.45) is 5.73 Å². The van der Waals surface area contributed by atoms with Crippen LogP contribution >= 0.6 is 15.9 Å². The first-order valence-electron chi connectivity index (χ1n) is 5.55. The van der Waals surface area contributed by atoms with Crippen LogP contribution in [0.25, 0.3) is 0 Å². The van der Waals surface area contributed by atoms with Crippen molar-refractivity contribution in [3.8, 4) is 0 Å². The Labute approximate surface area is 114 Å². The second-order valence-electron chi connectivity index (χ2n) is 3.84. The standard InChI is InChI=1S/C14H13BrN2O/c15-13-4-2-1-3-12(13)14(18)17-11-7-5-10(9-16)6-8-11/h1-8H,9,16H2,(H,17,18). The molecular weight excluding hydrogens is 292 g/mol. The van der Waals surface area contributed by atoms with Gasteiger partial charge in [-0.15, -0.1) is 0 Å². The van der Waals surface area contributed by atoms with E-state index in [1.165, 1.54) is 0 Å². The quantitative estimate of drug-likeness (QED) is 0.915. The molecular formula is C14H13BrN2O. The molecule has 0 aliphatic carbocycles. The lowest BCUT2D eigenvalue weighted by Gasteiger charge is -2.07. The molecule has 0 aliphatic heterocycles. The van der Waals surface area contributed by atoms with Crippen LogP contribution in [-0.2, 0) is 6.54 Å². The van der Waals surface area contributed by atoms with E-state index in [0.29, 0.717) is 12.1 Å². The molecule has 3 nitrogen and oxygen atoms in total. The highest BCUT2D eigenvalue weighted by Crippen LogP contribution is 2.18. The SMILES string of the molecule is NCc1ccc(NC(=O)c2ccccc2Br)cc1. The number of carbonyl (C=O) groups is 1. The molecule has 3 N–H and O–H groups in total. The highest BCUT2D eigenvalue weighted by atomic mass is 79.9. The largest absolute Gasteiger partial charge is 0.326 e. The Balaban J connectivity index is 2.14. The number of nitrogens with two attached hydrogens (primary N) is 1. The molecule has 2 rings (SSSR count). The van der Waals surface area contributed by atoms with Gasteiger partial charge < -0.3 is 11.1 Å². The number of carbonyl (C=O) groups excluding carboxylic acids is 1. The van der Waals surface area contributed by atoms with Crippen molar-refractivity contribution >= 4 is 27.5 Å². The molecule has 2 aromatic rings. The molecule has 18 heavy (non-hydrogen) atoms. The monoisotopic (exact) mass is 304 g/mol. The summed E-state index contributed by atoms with van der Waals surface area (Å²) in [6.07, 6.45) is 0. The molecule has 92 valence electrons. The summed E-state index contributed by atoms with van der Waals surface area (Å²) >= 11 is 3.36. The Hall–Kier alpha value is -1.65. The highest BCUT2D eigenvalue weighted by molar-refractivity contribution is 9.10.